The highest BCUT2D eigenvalue weighted by Crippen LogP contribution is 2.21. The van der Waals surface area contributed by atoms with Crippen molar-refractivity contribution in [1.82, 2.24) is 19.6 Å². The fraction of sp³-hybridized carbons (Fsp3) is 0.200. The molecule has 0 radical (unpaired) electrons. The van der Waals surface area contributed by atoms with Crippen LogP contribution >= 0.6 is 0 Å². The maximum absolute atomic E-state index is 11.9. The van der Waals surface area contributed by atoms with Crippen LogP contribution in [0.4, 0.5) is 0 Å². The molecule has 0 spiro atoms. The molecule has 0 amide bonds. The van der Waals surface area contributed by atoms with Gasteiger partial charge in [0.15, 0.2) is 11.6 Å². The molecular weight excluding hydrogens is 252 g/mol. The monoisotopic (exact) mass is 264 g/mol. The van der Waals surface area contributed by atoms with E-state index < -0.39 is 0 Å². The van der Waals surface area contributed by atoms with Gasteiger partial charge in [0.2, 0.25) is 0 Å². The topological polar surface area (TPSA) is 60.2 Å². The third-order valence-electron chi connectivity index (χ3n) is 3.56. The van der Waals surface area contributed by atoms with Crippen LogP contribution in [0.5, 0.6) is 0 Å². The Kier molecular flexibility index (Phi) is 2.39. The number of hydrogen-bond acceptors (Lipinski definition) is 4. The molecule has 0 saturated heterocycles. The molecule has 1 aliphatic rings. The van der Waals surface area contributed by atoms with Crippen molar-refractivity contribution in [3.63, 3.8) is 0 Å². The summed E-state index contributed by atoms with van der Waals surface area (Å²) in [6.45, 7) is 0. The van der Waals surface area contributed by atoms with Gasteiger partial charge in [-0.2, -0.15) is 4.98 Å². The number of fused-ring (bicyclic) bond motifs is 2. The molecule has 0 unspecified atom stereocenters. The Balaban J connectivity index is 1.90. The first kappa shape index (κ1) is 11.3. The number of aromatic nitrogens is 4. The first-order valence-electron chi connectivity index (χ1n) is 6.66. The Bertz CT molecular complexity index is 807. The maximum atomic E-state index is 11.9. The minimum absolute atomic E-state index is 0.150. The molecule has 0 bridgehead atoms. The van der Waals surface area contributed by atoms with Crippen LogP contribution in [0.15, 0.2) is 36.5 Å². The Hall–Kier alpha value is -2.56. The summed E-state index contributed by atoms with van der Waals surface area (Å²) in [5.74, 6) is 1.34. The maximum Gasteiger partial charge on any atom is 0.252 e. The van der Waals surface area contributed by atoms with E-state index in [0.29, 0.717) is 23.6 Å². The molecule has 2 heterocycles. The van der Waals surface area contributed by atoms with Gasteiger partial charge < -0.3 is 0 Å². The summed E-state index contributed by atoms with van der Waals surface area (Å²) in [5, 5.41) is 4.42. The van der Waals surface area contributed by atoms with E-state index in [-0.39, 0.29) is 5.78 Å². The minimum atomic E-state index is 0.150. The summed E-state index contributed by atoms with van der Waals surface area (Å²) >= 11 is 0. The number of nitrogens with zero attached hydrogens (tertiary/aromatic N) is 4. The van der Waals surface area contributed by atoms with Gasteiger partial charge in [0, 0.05) is 18.2 Å². The SMILES string of the molecule is O=C1CCCc2nc3nc(-c4ccccc4)nn3cc21. The van der Waals surface area contributed by atoms with Gasteiger partial charge in [-0.25, -0.2) is 9.50 Å². The van der Waals surface area contributed by atoms with Crippen molar-refractivity contribution in [3.8, 4) is 11.4 Å². The summed E-state index contributed by atoms with van der Waals surface area (Å²) < 4.78 is 1.60. The van der Waals surface area contributed by atoms with Gasteiger partial charge in [0.05, 0.1) is 11.3 Å². The fourth-order valence-electron chi connectivity index (χ4n) is 2.54. The lowest BCUT2D eigenvalue weighted by atomic mass is 9.96. The van der Waals surface area contributed by atoms with Crippen LogP contribution in [0.3, 0.4) is 0 Å². The van der Waals surface area contributed by atoms with Gasteiger partial charge in [0.1, 0.15) is 0 Å². The van der Waals surface area contributed by atoms with Crippen molar-refractivity contribution in [1.29, 1.82) is 0 Å². The number of rotatable bonds is 1. The molecule has 0 atom stereocenters. The molecule has 0 N–H and O–H groups in total. The van der Waals surface area contributed by atoms with E-state index in [1.807, 2.05) is 30.3 Å². The van der Waals surface area contributed by atoms with Crippen molar-refractivity contribution >= 4 is 11.6 Å². The van der Waals surface area contributed by atoms with Crippen LogP contribution in [-0.4, -0.2) is 25.4 Å². The first-order chi connectivity index (χ1) is 9.81. The number of ketones is 1. The number of carbonyl (C=O) groups excluding carboxylic acids is 1. The van der Waals surface area contributed by atoms with Gasteiger partial charge >= 0.3 is 0 Å². The Morgan fingerprint density at radius 1 is 1.05 bits per heavy atom. The highest BCUT2D eigenvalue weighted by atomic mass is 16.1. The van der Waals surface area contributed by atoms with Gasteiger partial charge in [-0.1, -0.05) is 30.3 Å². The summed E-state index contributed by atoms with van der Waals surface area (Å²) in [6.07, 6.45) is 4.07. The molecule has 98 valence electrons. The summed E-state index contributed by atoms with van der Waals surface area (Å²) in [6, 6.07) is 9.76. The zero-order valence-corrected chi connectivity index (χ0v) is 10.8. The van der Waals surface area contributed by atoms with E-state index in [9.17, 15) is 4.79 Å². The predicted octanol–water partition coefficient (Wildman–Crippen LogP) is 2.31. The zero-order chi connectivity index (χ0) is 13.5. The van der Waals surface area contributed by atoms with Crippen molar-refractivity contribution in [2.45, 2.75) is 19.3 Å². The zero-order valence-electron chi connectivity index (χ0n) is 10.8. The summed E-state index contributed by atoms with van der Waals surface area (Å²) in [4.78, 5) is 20.8. The van der Waals surface area contributed by atoms with Crippen LogP contribution in [0.2, 0.25) is 0 Å². The number of carbonyl (C=O) groups is 1. The normalized spacial score (nSPS) is 14.5. The van der Waals surface area contributed by atoms with E-state index in [0.717, 1.165) is 24.1 Å². The molecule has 4 rings (SSSR count). The largest absolute Gasteiger partial charge is 0.294 e. The molecule has 1 aromatic carbocycles. The van der Waals surface area contributed by atoms with Gasteiger partial charge in [-0.05, 0) is 12.8 Å². The second-order valence-electron chi connectivity index (χ2n) is 4.92. The van der Waals surface area contributed by atoms with E-state index in [4.69, 9.17) is 0 Å². The molecule has 2 aromatic heterocycles. The molecule has 20 heavy (non-hydrogen) atoms. The van der Waals surface area contributed by atoms with Crippen molar-refractivity contribution in [2.75, 3.05) is 0 Å². The van der Waals surface area contributed by atoms with E-state index in [2.05, 4.69) is 15.1 Å². The van der Waals surface area contributed by atoms with Crippen LogP contribution in [0.25, 0.3) is 17.2 Å². The van der Waals surface area contributed by atoms with Crippen LogP contribution in [0.1, 0.15) is 28.9 Å². The number of hydrogen-bond donors (Lipinski definition) is 0. The number of Topliss-reactive ketones (excluding diaryl/α,β-unsaturated/α-hetero) is 1. The Morgan fingerprint density at radius 2 is 1.90 bits per heavy atom. The molecule has 0 fully saturated rings. The lowest BCUT2D eigenvalue weighted by Crippen LogP contribution is -2.14. The third kappa shape index (κ3) is 1.71. The second kappa shape index (κ2) is 4.23. The molecular formula is C15H12N4O. The summed E-state index contributed by atoms with van der Waals surface area (Å²) in [7, 11) is 0. The molecule has 1 aliphatic carbocycles. The quantitative estimate of drug-likeness (QED) is 0.676. The third-order valence-corrected chi connectivity index (χ3v) is 3.56. The standard InChI is InChI=1S/C15H12N4O/c20-13-8-4-7-12-11(13)9-19-15(16-12)17-14(18-19)10-5-2-1-3-6-10/h1-3,5-6,9H,4,7-8H2. The Morgan fingerprint density at radius 3 is 2.75 bits per heavy atom. The fourth-order valence-corrected chi connectivity index (χ4v) is 2.54. The number of aryl methyl sites for hydroxylation is 1. The van der Waals surface area contributed by atoms with Crippen molar-refractivity contribution < 1.29 is 4.79 Å². The van der Waals surface area contributed by atoms with Crippen molar-refractivity contribution in [2.24, 2.45) is 0 Å². The smallest absolute Gasteiger partial charge is 0.252 e. The van der Waals surface area contributed by atoms with E-state index >= 15 is 0 Å². The molecule has 5 nitrogen and oxygen atoms in total. The predicted molar refractivity (Wildman–Crippen MR) is 73.5 cm³/mol. The van der Waals surface area contributed by atoms with Crippen LogP contribution in [-0.2, 0) is 6.42 Å². The van der Waals surface area contributed by atoms with Crippen LogP contribution < -0.4 is 0 Å². The van der Waals surface area contributed by atoms with Gasteiger partial charge in [0.25, 0.3) is 5.78 Å². The van der Waals surface area contributed by atoms with Crippen LogP contribution in [0, 0.1) is 0 Å². The van der Waals surface area contributed by atoms with Gasteiger partial charge in [-0.15, -0.1) is 5.10 Å². The lowest BCUT2D eigenvalue weighted by molar-refractivity contribution is 0.0971. The number of benzene rings is 1. The second-order valence-corrected chi connectivity index (χ2v) is 4.92. The minimum Gasteiger partial charge on any atom is -0.294 e. The molecule has 0 saturated carbocycles. The average Bonchev–Trinajstić information content (AvgIpc) is 2.90. The van der Waals surface area contributed by atoms with Gasteiger partial charge in [-0.3, -0.25) is 4.79 Å². The highest BCUT2D eigenvalue weighted by Gasteiger charge is 2.20. The molecule has 0 aliphatic heterocycles. The van der Waals surface area contributed by atoms with E-state index in [1.165, 1.54) is 0 Å². The average molecular weight is 264 g/mol. The highest BCUT2D eigenvalue weighted by molar-refractivity contribution is 5.97. The molecule has 5 heteroatoms. The Labute approximate surface area is 115 Å². The first-order valence-corrected chi connectivity index (χ1v) is 6.66. The molecule has 3 aromatic rings. The van der Waals surface area contributed by atoms with Crippen molar-refractivity contribution in [3.05, 3.63) is 47.8 Å². The lowest BCUT2D eigenvalue weighted by Gasteiger charge is -2.12. The summed E-state index contributed by atoms with van der Waals surface area (Å²) in [5.41, 5.74) is 2.48. The van der Waals surface area contributed by atoms with E-state index in [1.54, 1.807) is 10.7 Å².